The van der Waals surface area contributed by atoms with Crippen molar-refractivity contribution in [2.45, 2.75) is 39.0 Å². The molecule has 0 saturated heterocycles. The van der Waals surface area contributed by atoms with E-state index in [1.165, 1.54) is 41.8 Å². The van der Waals surface area contributed by atoms with Crippen molar-refractivity contribution in [2.24, 2.45) is 5.92 Å². The first-order valence-corrected chi connectivity index (χ1v) is 7.92. The van der Waals surface area contributed by atoms with Crippen molar-refractivity contribution >= 4 is 17.0 Å². The van der Waals surface area contributed by atoms with Crippen molar-refractivity contribution in [3.05, 3.63) is 34.8 Å². The van der Waals surface area contributed by atoms with Crippen LogP contribution in [0.3, 0.4) is 0 Å². The van der Waals surface area contributed by atoms with Gasteiger partial charge in [-0.3, -0.25) is 0 Å². The molecule has 1 aliphatic rings. The molecule has 0 radical (unpaired) electrons. The summed E-state index contributed by atoms with van der Waals surface area (Å²) < 4.78 is 0. The second-order valence-electron chi connectivity index (χ2n) is 5.41. The van der Waals surface area contributed by atoms with Crippen molar-refractivity contribution in [3.63, 3.8) is 0 Å². The van der Waals surface area contributed by atoms with Crippen molar-refractivity contribution < 1.29 is 0 Å². The average Bonchev–Trinajstić information content (AvgIpc) is 2.83. The van der Waals surface area contributed by atoms with Crippen molar-refractivity contribution in [3.8, 4) is 10.6 Å². The fourth-order valence-corrected chi connectivity index (χ4v) is 4.07. The number of hydrogen-bond acceptors (Lipinski definition) is 3. The Morgan fingerprint density at radius 3 is 2.84 bits per heavy atom. The smallest absolute Gasteiger partial charge is 0.123 e. The number of anilines is 1. The molecule has 1 heterocycles. The van der Waals surface area contributed by atoms with Crippen molar-refractivity contribution in [2.75, 3.05) is 5.73 Å². The molecule has 1 unspecified atom stereocenters. The summed E-state index contributed by atoms with van der Waals surface area (Å²) in [5, 5.41) is 1.15. The first kappa shape index (κ1) is 12.7. The molecular weight excluding hydrogens is 252 g/mol. The zero-order valence-electron chi connectivity index (χ0n) is 11.4. The van der Waals surface area contributed by atoms with E-state index in [-0.39, 0.29) is 0 Å². The van der Waals surface area contributed by atoms with Gasteiger partial charge < -0.3 is 5.73 Å². The lowest BCUT2D eigenvalue weighted by Crippen LogP contribution is -2.12. The molecule has 0 saturated carbocycles. The predicted octanol–water partition coefficient (Wildman–Crippen LogP) is 4.30. The summed E-state index contributed by atoms with van der Waals surface area (Å²) in [6.45, 7) is 2.28. The molecule has 1 aliphatic carbocycles. The molecule has 1 atom stereocenters. The van der Waals surface area contributed by atoms with Gasteiger partial charge in [-0.05, 0) is 49.4 Å². The maximum atomic E-state index is 5.74. The van der Waals surface area contributed by atoms with Gasteiger partial charge in [0.05, 0.1) is 5.69 Å². The van der Waals surface area contributed by atoms with Gasteiger partial charge in [-0.2, -0.15) is 0 Å². The van der Waals surface area contributed by atoms with E-state index < -0.39 is 0 Å². The number of thiazole rings is 1. The van der Waals surface area contributed by atoms with Gasteiger partial charge in [-0.15, -0.1) is 11.3 Å². The number of hydrogen-bond donors (Lipinski definition) is 1. The van der Waals surface area contributed by atoms with Crippen LogP contribution < -0.4 is 5.73 Å². The van der Waals surface area contributed by atoms with Gasteiger partial charge in [0.15, 0.2) is 0 Å². The maximum Gasteiger partial charge on any atom is 0.123 e. The lowest BCUT2D eigenvalue weighted by Gasteiger charge is -2.20. The highest BCUT2D eigenvalue weighted by molar-refractivity contribution is 7.15. The summed E-state index contributed by atoms with van der Waals surface area (Å²) in [4.78, 5) is 6.33. The molecule has 1 aromatic heterocycles. The largest absolute Gasteiger partial charge is 0.399 e. The third-order valence-electron chi connectivity index (χ3n) is 3.90. The molecule has 0 amide bonds. The minimum absolute atomic E-state index is 0.813. The molecule has 2 aromatic rings. The number of fused-ring (bicyclic) bond motifs is 1. The summed E-state index contributed by atoms with van der Waals surface area (Å²) in [6, 6.07) is 8.05. The van der Waals surface area contributed by atoms with E-state index in [9.17, 15) is 0 Å². The summed E-state index contributed by atoms with van der Waals surface area (Å²) >= 11 is 1.87. The van der Waals surface area contributed by atoms with E-state index in [4.69, 9.17) is 10.7 Å². The lowest BCUT2D eigenvalue weighted by molar-refractivity contribution is 0.424. The Labute approximate surface area is 118 Å². The third-order valence-corrected chi connectivity index (χ3v) is 5.07. The van der Waals surface area contributed by atoms with E-state index in [2.05, 4.69) is 19.1 Å². The Morgan fingerprint density at radius 1 is 1.32 bits per heavy atom. The Bertz CT molecular complexity index is 557. The number of nitrogen functional groups attached to an aromatic ring is 1. The first-order valence-electron chi connectivity index (χ1n) is 7.10. The second kappa shape index (κ2) is 5.33. The highest BCUT2D eigenvalue weighted by Gasteiger charge is 2.22. The van der Waals surface area contributed by atoms with E-state index in [0.29, 0.717) is 0 Å². The Balaban J connectivity index is 1.85. The van der Waals surface area contributed by atoms with Crippen LogP contribution in [-0.2, 0) is 12.8 Å². The molecule has 1 aromatic carbocycles. The summed E-state index contributed by atoms with van der Waals surface area (Å²) in [6.07, 6.45) is 6.35. The van der Waals surface area contributed by atoms with Gasteiger partial charge in [-0.1, -0.05) is 19.8 Å². The fourth-order valence-electron chi connectivity index (χ4n) is 2.85. The second-order valence-corrected chi connectivity index (χ2v) is 6.49. The van der Waals surface area contributed by atoms with Gasteiger partial charge in [0, 0.05) is 16.1 Å². The highest BCUT2D eigenvalue weighted by Crippen LogP contribution is 2.35. The molecule has 3 rings (SSSR count). The zero-order valence-corrected chi connectivity index (χ0v) is 12.2. The number of nitrogens with two attached hydrogens (primary N) is 1. The molecule has 0 bridgehead atoms. The first-order chi connectivity index (χ1) is 9.26. The van der Waals surface area contributed by atoms with Crippen LogP contribution in [0.25, 0.3) is 10.6 Å². The van der Waals surface area contributed by atoms with E-state index in [1.54, 1.807) is 0 Å². The van der Waals surface area contributed by atoms with Gasteiger partial charge in [0.1, 0.15) is 5.01 Å². The van der Waals surface area contributed by atoms with Crippen LogP contribution in [-0.4, -0.2) is 4.98 Å². The van der Waals surface area contributed by atoms with Crippen LogP contribution >= 0.6 is 11.3 Å². The number of nitrogens with zero attached hydrogens (tertiary/aromatic N) is 1. The Kier molecular flexibility index (Phi) is 3.56. The van der Waals surface area contributed by atoms with Crippen molar-refractivity contribution in [1.29, 1.82) is 0 Å². The highest BCUT2D eigenvalue weighted by atomic mass is 32.1. The van der Waals surface area contributed by atoms with Gasteiger partial charge in [0.2, 0.25) is 0 Å². The standard InChI is InChI=1S/C16H20N2S/c1-2-3-11-4-9-14-15(10-11)19-16(18-14)12-5-7-13(17)8-6-12/h5-8,11H,2-4,9-10,17H2,1H3. The minimum Gasteiger partial charge on any atom is -0.399 e. The van der Waals surface area contributed by atoms with Crippen LogP contribution in [0.1, 0.15) is 36.8 Å². The molecular formula is C16H20N2S. The monoisotopic (exact) mass is 272 g/mol. The summed E-state index contributed by atoms with van der Waals surface area (Å²) in [7, 11) is 0. The molecule has 0 aliphatic heterocycles. The average molecular weight is 272 g/mol. The molecule has 0 spiro atoms. The van der Waals surface area contributed by atoms with Gasteiger partial charge in [0.25, 0.3) is 0 Å². The van der Waals surface area contributed by atoms with Crippen molar-refractivity contribution in [1.82, 2.24) is 4.98 Å². The zero-order chi connectivity index (χ0) is 13.2. The normalized spacial score (nSPS) is 18.3. The number of aryl methyl sites for hydroxylation is 1. The van der Waals surface area contributed by atoms with Crippen LogP contribution in [0.5, 0.6) is 0 Å². The Hall–Kier alpha value is -1.35. The van der Waals surface area contributed by atoms with E-state index >= 15 is 0 Å². The molecule has 100 valence electrons. The van der Waals surface area contributed by atoms with Crippen LogP contribution in [0.15, 0.2) is 24.3 Å². The van der Waals surface area contributed by atoms with E-state index in [0.717, 1.165) is 23.0 Å². The number of aromatic nitrogens is 1. The molecule has 3 heteroatoms. The predicted molar refractivity (Wildman–Crippen MR) is 82.4 cm³/mol. The summed E-state index contributed by atoms with van der Waals surface area (Å²) in [5.41, 5.74) is 9.08. The van der Waals surface area contributed by atoms with E-state index in [1.807, 2.05) is 23.5 Å². The van der Waals surface area contributed by atoms with Crippen LogP contribution in [0.4, 0.5) is 5.69 Å². The van der Waals surface area contributed by atoms with Crippen LogP contribution in [0, 0.1) is 5.92 Å². The fraction of sp³-hybridized carbons (Fsp3) is 0.438. The summed E-state index contributed by atoms with van der Waals surface area (Å²) in [5.74, 6) is 0.872. The molecule has 19 heavy (non-hydrogen) atoms. The topological polar surface area (TPSA) is 38.9 Å². The van der Waals surface area contributed by atoms with Crippen LogP contribution in [0.2, 0.25) is 0 Å². The molecule has 2 nitrogen and oxygen atoms in total. The molecule has 0 fully saturated rings. The van der Waals surface area contributed by atoms with Gasteiger partial charge in [-0.25, -0.2) is 4.98 Å². The minimum atomic E-state index is 0.813. The third kappa shape index (κ3) is 2.66. The quantitative estimate of drug-likeness (QED) is 0.846. The Morgan fingerprint density at radius 2 is 2.11 bits per heavy atom. The number of rotatable bonds is 3. The van der Waals surface area contributed by atoms with Gasteiger partial charge >= 0.3 is 0 Å². The SMILES string of the molecule is CCCC1CCc2nc(-c3ccc(N)cc3)sc2C1. The number of benzene rings is 1. The molecule has 2 N–H and O–H groups in total. The lowest BCUT2D eigenvalue weighted by atomic mass is 9.88. The maximum absolute atomic E-state index is 5.74.